The molecular weight excluding hydrogens is 693 g/mol. The molecule has 1 heterocycles. The van der Waals surface area contributed by atoms with Gasteiger partial charge in [-0.1, -0.05) is 74.3 Å². The molecule has 2 atom stereocenters. The molecule has 228 valence electrons. The molecule has 0 radical (unpaired) electrons. The molecule has 4 aromatic carbocycles. The number of rotatable bonds is 13. The van der Waals surface area contributed by atoms with Crippen LogP contribution in [0.1, 0.15) is 34.8 Å². The fourth-order valence-corrected chi connectivity index (χ4v) is 5.69. The van der Waals surface area contributed by atoms with Crippen LogP contribution in [0.25, 0.3) is 0 Å². The van der Waals surface area contributed by atoms with Gasteiger partial charge in [0, 0.05) is 40.5 Å². The Morgan fingerprint density at radius 1 is 1.00 bits per heavy atom. The van der Waals surface area contributed by atoms with Gasteiger partial charge in [0.25, 0.3) is 5.91 Å². The molecule has 0 unspecified atom stereocenters. The lowest BCUT2D eigenvalue weighted by Gasteiger charge is -2.31. The minimum atomic E-state index is -1.38. The molecule has 7 nitrogen and oxygen atoms in total. The summed E-state index contributed by atoms with van der Waals surface area (Å²) < 4.78 is 27.7. The number of aliphatic hydroxyl groups excluding tert-OH is 1. The van der Waals surface area contributed by atoms with Gasteiger partial charge in [0.05, 0.1) is 6.61 Å². The Kier molecular flexibility index (Phi) is 10.8. The fourth-order valence-electron chi connectivity index (χ4n) is 5.00. The first-order valence-corrected chi connectivity index (χ1v) is 15.8. The molecule has 0 saturated carbocycles. The first-order chi connectivity index (χ1) is 21.4. The molecule has 1 aliphatic rings. The SMILES string of the molecule is O=C(NNCCc1cccc(F)c1)[C@@]1(Cc2ccccc2Br)N=C(c2ccc(OCCCO)cc2)O[C@H]1c1ccc(Br)cc1. The number of aliphatic imine (C=N–C) groups is 1. The molecule has 0 aliphatic carbocycles. The number of nitrogens with one attached hydrogen (secondary N) is 2. The maximum Gasteiger partial charge on any atom is 0.266 e. The van der Waals surface area contributed by atoms with Gasteiger partial charge in [-0.25, -0.2) is 14.8 Å². The van der Waals surface area contributed by atoms with E-state index in [9.17, 15) is 9.18 Å². The average molecular weight is 725 g/mol. The van der Waals surface area contributed by atoms with Crippen molar-refractivity contribution in [3.63, 3.8) is 0 Å². The number of hydrazine groups is 1. The second-order valence-electron chi connectivity index (χ2n) is 10.4. The Morgan fingerprint density at radius 2 is 1.77 bits per heavy atom. The average Bonchev–Trinajstić information content (AvgIpc) is 3.41. The van der Waals surface area contributed by atoms with Gasteiger partial charge in [-0.15, -0.1) is 0 Å². The van der Waals surface area contributed by atoms with Crippen LogP contribution in [0.2, 0.25) is 0 Å². The summed E-state index contributed by atoms with van der Waals surface area (Å²) in [7, 11) is 0. The van der Waals surface area contributed by atoms with Crippen LogP contribution in [0.5, 0.6) is 5.75 Å². The number of halogens is 3. The summed E-state index contributed by atoms with van der Waals surface area (Å²) in [5.74, 6) is 0.331. The van der Waals surface area contributed by atoms with Crippen LogP contribution in [0, 0.1) is 5.82 Å². The molecule has 3 N–H and O–H groups in total. The summed E-state index contributed by atoms with van der Waals surface area (Å²) in [5.41, 5.74) is 7.71. The standard InChI is InChI=1S/C34H32Br2FN3O4/c35-27-13-9-24(10-14-27)31-34(22-26-6-1-2-8-30(26)36,33(42)40-38-18-17-23-5-3-7-28(37)21-23)39-32(44-31)25-11-15-29(16-12-25)43-20-4-19-41/h1-3,5-16,21,31,38,41H,4,17-20,22H2,(H,40,42)/t31-,34-/m0/s1. The lowest BCUT2D eigenvalue weighted by Crippen LogP contribution is -2.54. The van der Waals surface area contributed by atoms with Crippen LogP contribution in [0.15, 0.2) is 111 Å². The quantitative estimate of drug-likeness (QED) is 0.109. The Hall–Kier alpha value is -3.57. The minimum absolute atomic E-state index is 0.0571. The van der Waals surface area contributed by atoms with Crippen LogP contribution in [-0.4, -0.2) is 42.2 Å². The van der Waals surface area contributed by atoms with E-state index in [0.29, 0.717) is 43.2 Å². The first kappa shape index (κ1) is 31.8. The monoisotopic (exact) mass is 723 g/mol. The lowest BCUT2D eigenvalue weighted by atomic mass is 9.82. The second-order valence-corrected chi connectivity index (χ2v) is 12.1. The third-order valence-corrected chi connectivity index (χ3v) is 8.55. The molecule has 0 bridgehead atoms. The van der Waals surface area contributed by atoms with Crippen molar-refractivity contribution in [2.45, 2.75) is 30.9 Å². The summed E-state index contributed by atoms with van der Waals surface area (Å²) in [6.45, 7) is 0.848. The van der Waals surface area contributed by atoms with Crippen LogP contribution < -0.4 is 15.6 Å². The first-order valence-electron chi connectivity index (χ1n) is 14.3. The molecule has 5 rings (SSSR count). The van der Waals surface area contributed by atoms with Gasteiger partial charge >= 0.3 is 0 Å². The molecule has 44 heavy (non-hydrogen) atoms. The minimum Gasteiger partial charge on any atom is -0.494 e. The van der Waals surface area contributed by atoms with E-state index < -0.39 is 11.6 Å². The zero-order valence-electron chi connectivity index (χ0n) is 23.8. The van der Waals surface area contributed by atoms with Gasteiger partial charge in [-0.05, 0) is 77.7 Å². The number of carbonyl (C=O) groups excluding carboxylic acids is 1. The fraction of sp³-hybridized carbons (Fsp3) is 0.235. The predicted octanol–water partition coefficient (Wildman–Crippen LogP) is 6.48. The third kappa shape index (κ3) is 7.74. The smallest absolute Gasteiger partial charge is 0.266 e. The van der Waals surface area contributed by atoms with Crippen LogP contribution >= 0.6 is 31.9 Å². The van der Waals surface area contributed by atoms with Gasteiger partial charge in [-0.2, -0.15) is 0 Å². The molecule has 1 amide bonds. The maximum absolute atomic E-state index is 14.3. The van der Waals surface area contributed by atoms with Crippen molar-refractivity contribution >= 4 is 43.7 Å². The number of hydrogen-bond donors (Lipinski definition) is 3. The second kappa shape index (κ2) is 14.9. The van der Waals surface area contributed by atoms with Crippen molar-refractivity contribution in [2.75, 3.05) is 19.8 Å². The van der Waals surface area contributed by atoms with Crippen LogP contribution in [-0.2, 0) is 22.4 Å². The lowest BCUT2D eigenvalue weighted by molar-refractivity contribution is -0.130. The summed E-state index contributed by atoms with van der Waals surface area (Å²) in [6.07, 6.45) is 0.556. The molecular formula is C34H32Br2FN3O4. The van der Waals surface area contributed by atoms with E-state index in [1.54, 1.807) is 6.07 Å². The van der Waals surface area contributed by atoms with E-state index in [4.69, 9.17) is 19.6 Å². The van der Waals surface area contributed by atoms with Gasteiger partial charge in [0.15, 0.2) is 11.6 Å². The number of nitrogens with zero attached hydrogens (tertiary/aromatic N) is 1. The molecule has 0 spiro atoms. The highest BCUT2D eigenvalue weighted by molar-refractivity contribution is 9.10. The number of hydrogen-bond acceptors (Lipinski definition) is 6. The van der Waals surface area contributed by atoms with E-state index in [1.807, 2.05) is 78.9 Å². The normalized spacial score (nSPS) is 17.5. The van der Waals surface area contributed by atoms with E-state index >= 15 is 0 Å². The third-order valence-electron chi connectivity index (χ3n) is 7.25. The summed E-state index contributed by atoms with van der Waals surface area (Å²) in [5, 5.41) is 9.04. The van der Waals surface area contributed by atoms with E-state index in [0.717, 1.165) is 25.6 Å². The van der Waals surface area contributed by atoms with Gasteiger partial charge in [0.2, 0.25) is 5.90 Å². The summed E-state index contributed by atoms with van der Waals surface area (Å²) in [6, 6.07) is 29.1. The van der Waals surface area contributed by atoms with E-state index in [2.05, 4.69) is 42.7 Å². The van der Waals surface area contributed by atoms with Crippen molar-refractivity contribution in [1.29, 1.82) is 0 Å². The van der Waals surface area contributed by atoms with Crippen molar-refractivity contribution in [1.82, 2.24) is 10.9 Å². The Bertz CT molecular complexity index is 1600. The molecule has 10 heteroatoms. The molecule has 0 saturated heterocycles. The molecule has 0 aromatic heterocycles. The Balaban J connectivity index is 1.48. The van der Waals surface area contributed by atoms with Gasteiger partial charge in [-0.3, -0.25) is 10.2 Å². The number of aliphatic hydroxyl groups is 1. The van der Waals surface area contributed by atoms with E-state index in [-0.39, 0.29) is 24.8 Å². The van der Waals surface area contributed by atoms with Crippen molar-refractivity contribution in [3.8, 4) is 5.75 Å². The topological polar surface area (TPSA) is 92.2 Å². The maximum atomic E-state index is 14.3. The highest BCUT2D eigenvalue weighted by atomic mass is 79.9. The van der Waals surface area contributed by atoms with Crippen molar-refractivity contribution < 1.29 is 23.8 Å². The van der Waals surface area contributed by atoms with Crippen LogP contribution in [0.4, 0.5) is 4.39 Å². The summed E-state index contributed by atoms with van der Waals surface area (Å²) in [4.78, 5) is 19.3. The highest BCUT2D eigenvalue weighted by Crippen LogP contribution is 2.43. The van der Waals surface area contributed by atoms with E-state index in [1.165, 1.54) is 12.1 Å². The Labute approximate surface area is 272 Å². The zero-order chi connectivity index (χ0) is 30.9. The number of ether oxygens (including phenoxy) is 2. The number of carbonyl (C=O) groups is 1. The van der Waals surface area contributed by atoms with Crippen molar-refractivity contribution in [2.24, 2.45) is 4.99 Å². The predicted molar refractivity (Wildman–Crippen MR) is 175 cm³/mol. The zero-order valence-corrected chi connectivity index (χ0v) is 27.0. The number of amides is 1. The molecule has 0 fully saturated rings. The van der Waals surface area contributed by atoms with Gasteiger partial charge < -0.3 is 14.6 Å². The number of benzene rings is 4. The van der Waals surface area contributed by atoms with Crippen molar-refractivity contribution in [3.05, 3.63) is 134 Å². The molecule has 4 aromatic rings. The largest absolute Gasteiger partial charge is 0.494 e. The van der Waals surface area contributed by atoms with Gasteiger partial charge in [0.1, 0.15) is 11.6 Å². The van der Waals surface area contributed by atoms with Crippen LogP contribution in [0.3, 0.4) is 0 Å². The Morgan fingerprint density at radius 3 is 2.50 bits per heavy atom. The molecule has 1 aliphatic heterocycles. The highest BCUT2D eigenvalue weighted by Gasteiger charge is 2.53. The summed E-state index contributed by atoms with van der Waals surface area (Å²) >= 11 is 7.15.